The summed E-state index contributed by atoms with van der Waals surface area (Å²) in [5, 5.41) is 3.39. The molecule has 0 bridgehead atoms. The third-order valence-corrected chi connectivity index (χ3v) is 4.91. The van der Waals surface area contributed by atoms with E-state index in [0.29, 0.717) is 6.61 Å². The number of aromatic nitrogens is 3. The summed E-state index contributed by atoms with van der Waals surface area (Å²) in [6.07, 6.45) is 3.61. The predicted octanol–water partition coefficient (Wildman–Crippen LogP) is 4.35. The third kappa shape index (κ3) is 5.26. The van der Waals surface area contributed by atoms with Crippen molar-refractivity contribution in [2.45, 2.75) is 26.2 Å². The molecule has 26 heavy (non-hydrogen) atoms. The molecule has 2 heterocycles. The number of ether oxygens (including phenoxy) is 1. The molecular formula is C20H24N4OS. The average Bonchev–Trinajstić information content (AvgIpc) is 3.07. The van der Waals surface area contributed by atoms with E-state index in [-0.39, 0.29) is 0 Å². The standard InChI is InChI=1S/C20H24N4OS/c1-15-10-19(25-12-17-6-4-3-5-7-17)20(22-11-15)21-8-9-26-13-18-16(2)23-14-24-18/h3-7,10-11,14H,8-9,12-13H2,1-2H3,(H,21,22)(H,23,24). The van der Waals surface area contributed by atoms with E-state index < -0.39 is 0 Å². The van der Waals surface area contributed by atoms with Crippen LogP contribution in [0.4, 0.5) is 5.82 Å². The van der Waals surface area contributed by atoms with E-state index in [2.05, 4.69) is 32.4 Å². The van der Waals surface area contributed by atoms with Crippen molar-refractivity contribution in [1.82, 2.24) is 15.0 Å². The molecule has 0 saturated heterocycles. The summed E-state index contributed by atoms with van der Waals surface area (Å²) in [6, 6.07) is 12.2. The second-order valence-corrected chi connectivity index (χ2v) is 7.19. The minimum Gasteiger partial charge on any atom is -0.485 e. The molecule has 5 nitrogen and oxygen atoms in total. The van der Waals surface area contributed by atoms with Crippen LogP contribution in [0.25, 0.3) is 0 Å². The third-order valence-electron chi connectivity index (χ3n) is 3.94. The molecule has 1 aromatic carbocycles. The molecule has 0 radical (unpaired) electrons. The number of imidazole rings is 1. The van der Waals surface area contributed by atoms with Crippen molar-refractivity contribution in [1.29, 1.82) is 0 Å². The number of hydrogen-bond donors (Lipinski definition) is 2. The number of rotatable bonds is 9. The Bertz CT molecular complexity index is 820. The van der Waals surface area contributed by atoms with Gasteiger partial charge in [-0.2, -0.15) is 11.8 Å². The number of nitrogens with zero attached hydrogens (tertiary/aromatic N) is 2. The zero-order valence-corrected chi connectivity index (χ0v) is 16.0. The van der Waals surface area contributed by atoms with Crippen LogP contribution in [-0.4, -0.2) is 27.2 Å². The number of nitrogens with one attached hydrogen (secondary N) is 2. The van der Waals surface area contributed by atoms with E-state index in [1.54, 1.807) is 6.33 Å². The summed E-state index contributed by atoms with van der Waals surface area (Å²) in [6.45, 7) is 5.43. The summed E-state index contributed by atoms with van der Waals surface area (Å²) in [5.74, 6) is 3.47. The van der Waals surface area contributed by atoms with Gasteiger partial charge in [0.2, 0.25) is 0 Å². The SMILES string of the molecule is Cc1cnc(NCCSCc2nc[nH]c2C)c(OCc2ccccc2)c1. The van der Waals surface area contributed by atoms with Crippen molar-refractivity contribution < 1.29 is 4.74 Å². The number of aryl methyl sites for hydroxylation is 2. The molecule has 136 valence electrons. The van der Waals surface area contributed by atoms with Crippen molar-refractivity contribution in [3.05, 3.63) is 71.4 Å². The molecule has 0 atom stereocenters. The molecule has 0 aliphatic carbocycles. The Kier molecular flexibility index (Phi) is 6.55. The highest BCUT2D eigenvalue weighted by Crippen LogP contribution is 2.24. The van der Waals surface area contributed by atoms with Crippen LogP contribution in [0.2, 0.25) is 0 Å². The maximum atomic E-state index is 5.99. The van der Waals surface area contributed by atoms with Crippen LogP contribution in [-0.2, 0) is 12.4 Å². The van der Waals surface area contributed by atoms with Crippen LogP contribution in [0.5, 0.6) is 5.75 Å². The normalized spacial score (nSPS) is 10.7. The highest BCUT2D eigenvalue weighted by atomic mass is 32.2. The number of aromatic amines is 1. The number of benzene rings is 1. The van der Waals surface area contributed by atoms with Gasteiger partial charge in [0.25, 0.3) is 0 Å². The molecule has 2 aromatic heterocycles. The Labute approximate surface area is 158 Å². The molecule has 0 aliphatic rings. The number of thioether (sulfide) groups is 1. The second-order valence-electron chi connectivity index (χ2n) is 6.09. The van der Waals surface area contributed by atoms with E-state index >= 15 is 0 Å². The molecular weight excluding hydrogens is 344 g/mol. The van der Waals surface area contributed by atoms with Crippen molar-refractivity contribution in [3.63, 3.8) is 0 Å². The van der Waals surface area contributed by atoms with Gasteiger partial charge in [0.15, 0.2) is 11.6 Å². The monoisotopic (exact) mass is 368 g/mol. The Hall–Kier alpha value is -2.47. The van der Waals surface area contributed by atoms with E-state index in [1.807, 2.05) is 56.1 Å². The zero-order valence-electron chi connectivity index (χ0n) is 15.2. The summed E-state index contributed by atoms with van der Waals surface area (Å²) in [4.78, 5) is 11.9. The predicted molar refractivity (Wildman–Crippen MR) is 108 cm³/mol. The highest BCUT2D eigenvalue weighted by molar-refractivity contribution is 7.98. The van der Waals surface area contributed by atoms with Gasteiger partial charge in [-0.05, 0) is 31.0 Å². The van der Waals surface area contributed by atoms with E-state index in [4.69, 9.17) is 4.74 Å². The summed E-state index contributed by atoms with van der Waals surface area (Å²) in [5.41, 5.74) is 4.49. The second kappa shape index (κ2) is 9.29. The molecule has 0 spiro atoms. The van der Waals surface area contributed by atoms with Gasteiger partial charge in [-0.15, -0.1) is 0 Å². The smallest absolute Gasteiger partial charge is 0.168 e. The van der Waals surface area contributed by atoms with Gasteiger partial charge in [0, 0.05) is 29.9 Å². The molecule has 0 saturated carbocycles. The summed E-state index contributed by atoms with van der Waals surface area (Å²) in [7, 11) is 0. The fourth-order valence-electron chi connectivity index (χ4n) is 2.46. The van der Waals surface area contributed by atoms with Crippen molar-refractivity contribution in [2.75, 3.05) is 17.6 Å². The Morgan fingerprint density at radius 3 is 2.77 bits per heavy atom. The molecule has 0 unspecified atom stereocenters. The highest BCUT2D eigenvalue weighted by Gasteiger charge is 2.07. The Morgan fingerprint density at radius 1 is 1.15 bits per heavy atom. The lowest BCUT2D eigenvalue weighted by Gasteiger charge is -2.13. The Morgan fingerprint density at radius 2 is 2.00 bits per heavy atom. The number of H-pyrrole nitrogens is 1. The van der Waals surface area contributed by atoms with Crippen molar-refractivity contribution in [3.8, 4) is 5.75 Å². The number of hydrogen-bond acceptors (Lipinski definition) is 5. The first kappa shape index (κ1) is 18.3. The lowest BCUT2D eigenvalue weighted by Crippen LogP contribution is -2.08. The molecule has 0 fully saturated rings. The van der Waals surface area contributed by atoms with Gasteiger partial charge in [-0.1, -0.05) is 30.3 Å². The van der Waals surface area contributed by atoms with E-state index in [1.165, 1.54) is 0 Å². The lowest BCUT2D eigenvalue weighted by atomic mass is 10.2. The molecule has 2 N–H and O–H groups in total. The molecule has 0 aliphatic heterocycles. The topological polar surface area (TPSA) is 62.8 Å². The van der Waals surface area contributed by atoms with Crippen LogP contribution < -0.4 is 10.1 Å². The number of anilines is 1. The summed E-state index contributed by atoms with van der Waals surface area (Å²) < 4.78 is 5.99. The van der Waals surface area contributed by atoms with Crippen molar-refractivity contribution >= 4 is 17.6 Å². The van der Waals surface area contributed by atoms with Crippen LogP contribution >= 0.6 is 11.8 Å². The maximum Gasteiger partial charge on any atom is 0.168 e. The first-order chi connectivity index (χ1) is 12.7. The zero-order chi connectivity index (χ0) is 18.2. The van der Waals surface area contributed by atoms with E-state index in [0.717, 1.165) is 52.1 Å². The average molecular weight is 369 g/mol. The van der Waals surface area contributed by atoms with Crippen LogP contribution in [0.15, 0.2) is 48.9 Å². The molecule has 3 rings (SSSR count). The fourth-order valence-corrected chi connectivity index (χ4v) is 3.34. The van der Waals surface area contributed by atoms with Gasteiger partial charge in [-0.25, -0.2) is 9.97 Å². The van der Waals surface area contributed by atoms with Crippen molar-refractivity contribution in [2.24, 2.45) is 0 Å². The quantitative estimate of drug-likeness (QED) is 0.550. The molecule has 6 heteroatoms. The van der Waals surface area contributed by atoms with Gasteiger partial charge in [0.05, 0.1) is 12.0 Å². The first-order valence-electron chi connectivity index (χ1n) is 8.66. The van der Waals surface area contributed by atoms with E-state index in [9.17, 15) is 0 Å². The van der Waals surface area contributed by atoms with Crippen LogP contribution in [0.3, 0.4) is 0 Å². The van der Waals surface area contributed by atoms with Gasteiger partial charge in [-0.3, -0.25) is 0 Å². The number of pyridine rings is 1. The fraction of sp³-hybridized carbons (Fsp3) is 0.300. The minimum atomic E-state index is 0.536. The van der Waals surface area contributed by atoms with Gasteiger partial charge in [0.1, 0.15) is 6.61 Å². The molecule has 0 amide bonds. The van der Waals surface area contributed by atoms with Gasteiger partial charge >= 0.3 is 0 Å². The summed E-state index contributed by atoms with van der Waals surface area (Å²) >= 11 is 1.85. The van der Waals surface area contributed by atoms with Gasteiger partial charge < -0.3 is 15.0 Å². The largest absolute Gasteiger partial charge is 0.485 e. The lowest BCUT2D eigenvalue weighted by molar-refractivity contribution is 0.306. The Balaban J connectivity index is 1.50. The van der Waals surface area contributed by atoms with Crippen LogP contribution in [0.1, 0.15) is 22.5 Å². The first-order valence-corrected chi connectivity index (χ1v) is 9.81. The minimum absolute atomic E-state index is 0.536. The van der Waals surface area contributed by atoms with Crippen LogP contribution in [0, 0.1) is 13.8 Å². The maximum absolute atomic E-state index is 5.99. The molecule has 3 aromatic rings.